The minimum Gasteiger partial charge on any atom is -0.506 e. The molecule has 3 N–H and O–H groups in total. The lowest BCUT2D eigenvalue weighted by molar-refractivity contribution is -0.116. The molecule has 140 valence electrons. The van der Waals surface area contributed by atoms with Crippen LogP contribution in [0.5, 0.6) is 5.75 Å². The van der Waals surface area contributed by atoms with Crippen molar-refractivity contribution >= 4 is 29.3 Å². The molecule has 0 spiro atoms. The van der Waals surface area contributed by atoms with Crippen LogP contribution >= 0.6 is 11.6 Å². The molecule has 2 aromatic rings. The van der Waals surface area contributed by atoms with Gasteiger partial charge in [0, 0.05) is 12.6 Å². The lowest BCUT2D eigenvalue weighted by Gasteiger charge is -2.13. The van der Waals surface area contributed by atoms with Crippen LogP contribution in [0.4, 0.5) is 5.69 Å². The molecular weight excluding hydrogens is 360 g/mol. The van der Waals surface area contributed by atoms with E-state index in [0.717, 1.165) is 64.9 Å². The quantitative estimate of drug-likeness (QED) is 0.538. The summed E-state index contributed by atoms with van der Waals surface area (Å²) < 4.78 is 0. The Hall–Kier alpha value is -2.46. The first-order chi connectivity index (χ1) is 12.9. The van der Waals surface area contributed by atoms with Crippen LogP contribution in [0.2, 0.25) is 0 Å². The third-order valence-electron chi connectivity index (χ3n) is 5.23. The number of rotatable bonds is 4. The summed E-state index contributed by atoms with van der Waals surface area (Å²) in [5, 5.41) is 16.6. The van der Waals surface area contributed by atoms with Crippen molar-refractivity contribution in [2.45, 2.75) is 39.2 Å². The van der Waals surface area contributed by atoms with Crippen molar-refractivity contribution in [3.8, 4) is 16.9 Å². The Morgan fingerprint density at radius 3 is 2.74 bits per heavy atom. The highest BCUT2D eigenvalue weighted by molar-refractivity contribution is 6.44. The minimum absolute atomic E-state index is 0.207. The molecule has 0 bridgehead atoms. The van der Waals surface area contributed by atoms with Crippen molar-refractivity contribution < 1.29 is 9.90 Å². The molecule has 0 saturated heterocycles. The van der Waals surface area contributed by atoms with Crippen molar-refractivity contribution in [1.82, 2.24) is 5.32 Å². The zero-order valence-electron chi connectivity index (χ0n) is 15.5. The van der Waals surface area contributed by atoms with Gasteiger partial charge in [0.05, 0.1) is 5.69 Å². The van der Waals surface area contributed by atoms with Gasteiger partial charge in [-0.2, -0.15) is 0 Å². The summed E-state index contributed by atoms with van der Waals surface area (Å²) in [5.74, 6) is 0.0807. The Morgan fingerprint density at radius 1 is 1.22 bits per heavy atom. The third-order valence-corrected chi connectivity index (χ3v) is 5.51. The molecule has 1 aliphatic heterocycles. The standard InChI is InChI=1S/C22H23ClN2O2/c1-12-8-18(16-9-14-5-6-24-21(14)20(26)11-16)13(2)7-15(12)10-19(23)22(27)25-17-3-4-17/h7-11,17,24,26H,3-6H2,1-2H3,(H,25,27)/b19-10-. The molecule has 2 aliphatic rings. The van der Waals surface area contributed by atoms with E-state index >= 15 is 0 Å². The Balaban J connectivity index is 1.66. The van der Waals surface area contributed by atoms with E-state index in [-0.39, 0.29) is 17.0 Å². The van der Waals surface area contributed by atoms with Crippen molar-refractivity contribution in [3.05, 3.63) is 51.6 Å². The molecule has 5 heteroatoms. The number of carbonyl (C=O) groups excluding carboxylic acids is 1. The van der Waals surface area contributed by atoms with Crippen LogP contribution in [0.3, 0.4) is 0 Å². The number of hydrogen-bond acceptors (Lipinski definition) is 3. The summed E-state index contributed by atoms with van der Waals surface area (Å²) in [4.78, 5) is 12.1. The van der Waals surface area contributed by atoms with Gasteiger partial charge in [-0.1, -0.05) is 23.7 Å². The number of fused-ring (bicyclic) bond motifs is 1. The van der Waals surface area contributed by atoms with E-state index in [1.165, 1.54) is 0 Å². The first kappa shape index (κ1) is 17.9. The van der Waals surface area contributed by atoms with E-state index in [2.05, 4.69) is 22.8 Å². The molecule has 1 aliphatic carbocycles. The minimum atomic E-state index is -0.212. The lowest BCUT2D eigenvalue weighted by atomic mass is 9.93. The SMILES string of the molecule is Cc1cc(-c2cc(O)c3c(c2)CCN3)c(C)cc1/C=C(\Cl)C(=O)NC1CC1. The smallest absolute Gasteiger partial charge is 0.263 e. The fourth-order valence-electron chi connectivity index (χ4n) is 3.55. The fourth-order valence-corrected chi connectivity index (χ4v) is 3.73. The first-order valence-corrected chi connectivity index (χ1v) is 9.69. The Kier molecular flexibility index (Phi) is 4.60. The maximum atomic E-state index is 12.1. The molecule has 0 atom stereocenters. The highest BCUT2D eigenvalue weighted by Gasteiger charge is 2.24. The van der Waals surface area contributed by atoms with Crippen molar-refractivity contribution in [2.75, 3.05) is 11.9 Å². The molecule has 27 heavy (non-hydrogen) atoms. The van der Waals surface area contributed by atoms with Crippen LogP contribution in [0.15, 0.2) is 29.3 Å². The van der Waals surface area contributed by atoms with E-state index in [4.69, 9.17) is 11.6 Å². The van der Waals surface area contributed by atoms with Crippen molar-refractivity contribution in [3.63, 3.8) is 0 Å². The molecule has 0 radical (unpaired) electrons. The fraction of sp³-hybridized carbons (Fsp3) is 0.318. The van der Waals surface area contributed by atoms with Crippen molar-refractivity contribution in [2.24, 2.45) is 0 Å². The molecule has 1 amide bonds. The molecule has 2 aromatic carbocycles. The molecule has 1 heterocycles. The zero-order valence-corrected chi connectivity index (χ0v) is 16.3. The van der Waals surface area contributed by atoms with E-state index in [0.29, 0.717) is 5.75 Å². The van der Waals surface area contributed by atoms with Gasteiger partial charge in [0.1, 0.15) is 10.8 Å². The number of benzene rings is 2. The first-order valence-electron chi connectivity index (χ1n) is 9.32. The molecule has 4 nitrogen and oxygen atoms in total. The highest BCUT2D eigenvalue weighted by Crippen LogP contribution is 2.38. The predicted octanol–water partition coefficient (Wildman–Crippen LogP) is 4.50. The summed E-state index contributed by atoms with van der Waals surface area (Å²) in [7, 11) is 0. The number of aryl methyl sites for hydroxylation is 2. The van der Waals surface area contributed by atoms with Gasteiger partial charge in [0.2, 0.25) is 0 Å². The predicted molar refractivity (Wildman–Crippen MR) is 110 cm³/mol. The number of phenols is 1. The Morgan fingerprint density at radius 2 is 2.00 bits per heavy atom. The molecule has 0 aromatic heterocycles. The van der Waals surface area contributed by atoms with Gasteiger partial charge in [-0.15, -0.1) is 0 Å². The van der Waals surface area contributed by atoms with Crippen LogP contribution in [-0.4, -0.2) is 23.6 Å². The van der Waals surface area contributed by atoms with Crippen molar-refractivity contribution in [1.29, 1.82) is 0 Å². The number of amides is 1. The number of halogens is 1. The largest absolute Gasteiger partial charge is 0.506 e. The lowest BCUT2D eigenvalue weighted by Crippen LogP contribution is -2.25. The molecule has 0 unspecified atom stereocenters. The molecule has 1 fully saturated rings. The zero-order chi connectivity index (χ0) is 19.1. The number of aromatic hydroxyl groups is 1. The third kappa shape index (κ3) is 3.67. The summed E-state index contributed by atoms with van der Waals surface area (Å²) >= 11 is 6.21. The number of carbonyl (C=O) groups is 1. The van der Waals surface area contributed by atoms with Gasteiger partial charge in [-0.05, 0) is 84.7 Å². The van der Waals surface area contributed by atoms with Crippen LogP contribution in [0.1, 0.15) is 35.1 Å². The summed E-state index contributed by atoms with van der Waals surface area (Å²) in [6.07, 6.45) is 4.72. The van der Waals surface area contributed by atoms with Gasteiger partial charge in [0.15, 0.2) is 0 Å². The van der Waals surface area contributed by atoms with Crippen LogP contribution < -0.4 is 10.6 Å². The number of hydrogen-bond donors (Lipinski definition) is 3. The molecule has 4 rings (SSSR count). The normalized spacial score (nSPS) is 16.0. The van der Waals surface area contributed by atoms with Crippen LogP contribution in [0.25, 0.3) is 17.2 Å². The Bertz CT molecular complexity index is 961. The van der Waals surface area contributed by atoms with Gasteiger partial charge >= 0.3 is 0 Å². The second-order valence-electron chi connectivity index (χ2n) is 7.47. The monoisotopic (exact) mass is 382 g/mol. The summed E-state index contributed by atoms with van der Waals surface area (Å²) in [5.41, 5.74) is 7.11. The van der Waals surface area contributed by atoms with Gasteiger partial charge < -0.3 is 15.7 Å². The van der Waals surface area contributed by atoms with E-state index < -0.39 is 0 Å². The Labute approximate surface area is 164 Å². The number of anilines is 1. The second-order valence-corrected chi connectivity index (χ2v) is 7.88. The van der Waals surface area contributed by atoms with Gasteiger partial charge in [-0.25, -0.2) is 0 Å². The van der Waals surface area contributed by atoms with Gasteiger partial charge in [0.25, 0.3) is 5.91 Å². The van der Waals surface area contributed by atoms with E-state index in [9.17, 15) is 9.90 Å². The number of phenolic OH excluding ortho intramolecular Hbond substituents is 1. The average Bonchev–Trinajstić information content (AvgIpc) is 3.30. The topological polar surface area (TPSA) is 61.4 Å². The highest BCUT2D eigenvalue weighted by atomic mass is 35.5. The average molecular weight is 383 g/mol. The van der Waals surface area contributed by atoms with E-state index in [1.807, 2.05) is 26.0 Å². The van der Waals surface area contributed by atoms with Crippen LogP contribution in [-0.2, 0) is 11.2 Å². The maximum absolute atomic E-state index is 12.1. The molecule has 1 saturated carbocycles. The van der Waals surface area contributed by atoms with Crippen LogP contribution in [0, 0.1) is 13.8 Å². The van der Waals surface area contributed by atoms with Gasteiger partial charge in [-0.3, -0.25) is 4.79 Å². The summed E-state index contributed by atoms with van der Waals surface area (Å²) in [6.45, 7) is 4.90. The number of nitrogens with one attached hydrogen (secondary N) is 2. The maximum Gasteiger partial charge on any atom is 0.263 e. The second kappa shape index (κ2) is 6.93. The molecular formula is C22H23ClN2O2. The summed E-state index contributed by atoms with van der Waals surface area (Å²) in [6, 6.07) is 8.37. The van der Waals surface area contributed by atoms with E-state index in [1.54, 1.807) is 6.08 Å².